The summed E-state index contributed by atoms with van der Waals surface area (Å²) in [5.74, 6) is 0.712. The van der Waals surface area contributed by atoms with Crippen LogP contribution >= 0.6 is 11.6 Å². The molecule has 1 aromatic rings. The average Bonchev–Trinajstić information content (AvgIpc) is 2.31. The van der Waals surface area contributed by atoms with E-state index in [0.29, 0.717) is 17.4 Å². The van der Waals surface area contributed by atoms with Crippen molar-refractivity contribution in [3.63, 3.8) is 0 Å². The normalized spacial score (nSPS) is 11.8. The van der Waals surface area contributed by atoms with Gasteiger partial charge in [-0.25, -0.2) is 0 Å². The number of hydrogen-bond acceptors (Lipinski definition) is 1. The molecule has 0 radical (unpaired) electrons. The van der Waals surface area contributed by atoms with Gasteiger partial charge in [0.15, 0.2) is 0 Å². The maximum Gasteiger partial charge on any atom is 0.138 e. The van der Waals surface area contributed by atoms with E-state index < -0.39 is 0 Å². The third-order valence-electron chi connectivity index (χ3n) is 2.30. The summed E-state index contributed by atoms with van der Waals surface area (Å²) in [4.78, 5) is 0. The Hall–Kier alpha value is -1.47. The molecule has 0 saturated heterocycles. The van der Waals surface area contributed by atoms with Crippen molar-refractivity contribution in [3.05, 3.63) is 65.2 Å². The lowest BCUT2D eigenvalue weighted by Gasteiger charge is -2.09. The van der Waals surface area contributed by atoms with Crippen molar-refractivity contribution in [2.24, 2.45) is 0 Å². The van der Waals surface area contributed by atoms with Gasteiger partial charge in [0, 0.05) is 0 Å². The van der Waals surface area contributed by atoms with Gasteiger partial charge in [-0.15, -0.1) is 0 Å². The van der Waals surface area contributed by atoms with E-state index in [2.05, 4.69) is 6.58 Å². The first kappa shape index (κ1) is 13.6. The summed E-state index contributed by atoms with van der Waals surface area (Å²) in [6.45, 7) is 8.11. The lowest BCUT2D eigenvalue weighted by Crippen LogP contribution is -1.99. The first-order valence-electron chi connectivity index (χ1n) is 5.50. The molecule has 0 spiro atoms. The van der Waals surface area contributed by atoms with Crippen molar-refractivity contribution in [3.8, 4) is 5.75 Å². The zero-order valence-electron chi connectivity index (χ0n) is 10.2. The highest BCUT2D eigenvalue weighted by Crippen LogP contribution is 2.25. The zero-order valence-corrected chi connectivity index (χ0v) is 11.0. The van der Waals surface area contributed by atoms with Gasteiger partial charge in [-0.1, -0.05) is 48.6 Å². The SMILES string of the molecule is C=C/C=C\C(=C/C)COc1ccc(C)cc1Cl. The average molecular weight is 249 g/mol. The van der Waals surface area contributed by atoms with E-state index in [1.54, 1.807) is 6.08 Å². The van der Waals surface area contributed by atoms with Crippen LogP contribution in [0.1, 0.15) is 12.5 Å². The fraction of sp³-hybridized carbons (Fsp3) is 0.200. The third kappa shape index (κ3) is 4.49. The van der Waals surface area contributed by atoms with Crippen LogP contribution < -0.4 is 4.74 Å². The molecule has 0 atom stereocenters. The molecule has 0 saturated carbocycles. The monoisotopic (exact) mass is 248 g/mol. The summed E-state index contributed by atoms with van der Waals surface area (Å²) in [5, 5.41) is 0.646. The minimum Gasteiger partial charge on any atom is -0.487 e. The van der Waals surface area contributed by atoms with Crippen LogP contribution in [0.25, 0.3) is 0 Å². The Bertz CT molecular complexity index is 444. The van der Waals surface area contributed by atoms with Crippen LogP contribution in [-0.2, 0) is 0 Å². The summed E-state index contributed by atoms with van der Waals surface area (Å²) in [5.41, 5.74) is 2.21. The fourth-order valence-electron chi connectivity index (χ4n) is 1.30. The molecule has 0 aromatic heterocycles. The van der Waals surface area contributed by atoms with Gasteiger partial charge in [-0.3, -0.25) is 0 Å². The summed E-state index contributed by atoms with van der Waals surface area (Å²) in [6, 6.07) is 5.77. The minimum atomic E-state index is 0.504. The molecule has 2 heteroatoms. The minimum absolute atomic E-state index is 0.504. The van der Waals surface area contributed by atoms with Gasteiger partial charge in [-0.05, 0) is 37.1 Å². The smallest absolute Gasteiger partial charge is 0.138 e. The summed E-state index contributed by atoms with van der Waals surface area (Å²) < 4.78 is 5.66. The van der Waals surface area contributed by atoms with Gasteiger partial charge >= 0.3 is 0 Å². The second-order valence-corrected chi connectivity index (χ2v) is 4.09. The predicted octanol–water partition coefficient (Wildman–Crippen LogP) is 4.72. The number of ether oxygens (including phenoxy) is 1. The van der Waals surface area contributed by atoms with Crippen molar-refractivity contribution in [2.45, 2.75) is 13.8 Å². The van der Waals surface area contributed by atoms with Crippen LogP contribution in [0, 0.1) is 6.92 Å². The molecule has 0 fully saturated rings. The van der Waals surface area contributed by atoms with Crippen LogP contribution in [0.2, 0.25) is 5.02 Å². The van der Waals surface area contributed by atoms with Crippen molar-refractivity contribution in [1.82, 2.24) is 0 Å². The van der Waals surface area contributed by atoms with Gasteiger partial charge < -0.3 is 4.74 Å². The Balaban J connectivity index is 2.66. The van der Waals surface area contributed by atoms with Gasteiger partial charge in [-0.2, -0.15) is 0 Å². The van der Waals surface area contributed by atoms with Gasteiger partial charge in [0.25, 0.3) is 0 Å². The quantitative estimate of drug-likeness (QED) is 0.686. The van der Waals surface area contributed by atoms with Crippen molar-refractivity contribution in [2.75, 3.05) is 6.61 Å². The number of hydrogen-bond donors (Lipinski definition) is 0. The molecule has 0 aliphatic rings. The number of halogens is 1. The Labute approximate surface area is 108 Å². The van der Waals surface area contributed by atoms with Gasteiger partial charge in [0.1, 0.15) is 12.4 Å². The molecule has 1 rings (SSSR count). The second kappa shape index (κ2) is 6.97. The Kier molecular flexibility index (Phi) is 5.58. The summed E-state index contributed by atoms with van der Waals surface area (Å²) >= 11 is 6.08. The Morgan fingerprint density at radius 2 is 2.24 bits per heavy atom. The maximum absolute atomic E-state index is 6.08. The molecule has 17 heavy (non-hydrogen) atoms. The largest absolute Gasteiger partial charge is 0.487 e. The molecule has 0 aliphatic heterocycles. The number of allylic oxidation sites excluding steroid dienone is 3. The molecule has 0 bridgehead atoms. The molecule has 90 valence electrons. The molecule has 0 unspecified atom stereocenters. The Morgan fingerprint density at radius 1 is 1.47 bits per heavy atom. The van der Waals surface area contributed by atoms with Crippen LogP contribution in [-0.4, -0.2) is 6.61 Å². The second-order valence-electron chi connectivity index (χ2n) is 3.68. The van der Waals surface area contributed by atoms with Crippen molar-refractivity contribution < 1.29 is 4.74 Å². The lowest BCUT2D eigenvalue weighted by atomic mass is 10.2. The van der Waals surface area contributed by atoms with Gasteiger partial charge in [0.05, 0.1) is 5.02 Å². The zero-order chi connectivity index (χ0) is 12.7. The van der Waals surface area contributed by atoms with Gasteiger partial charge in [0.2, 0.25) is 0 Å². The molecular weight excluding hydrogens is 232 g/mol. The third-order valence-corrected chi connectivity index (χ3v) is 2.59. The maximum atomic E-state index is 6.08. The van der Waals surface area contributed by atoms with Crippen molar-refractivity contribution in [1.29, 1.82) is 0 Å². The summed E-state index contributed by atoms with van der Waals surface area (Å²) in [6.07, 6.45) is 7.59. The first-order chi connectivity index (χ1) is 8.17. The molecule has 0 aliphatic carbocycles. The van der Waals surface area contributed by atoms with E-state index in [9.17, 15) is 0 Å². The summed E-state index contributed by atoms with van der Waals surface area (Å²) in [7, 11) is 0. The molecule has 0 amide bonds. The van der Waals surface area contributed by atoms with E-state index in [4.69, 9.17) is 16.3 Å². The number of rotatable bonds is 5. The van der Waals surface area contributed by atoms with E-state index in [-0.39, 0.29) is 0 Å². The topological polar surface area (TPSA) is 9.23 Å². The highest BCUT2D eigenvalue weighted by molar-refractivity contribution is 6.32. The predicted molar refractivity (Wildman–Crippen MR) is 74.8 cm³/mol. The van der Waals surface area contributed by atoms with Crippen molar-refractivity contribution >= 4 is 11.6 Å². The molecule has 1 aromatic carbocycles. The van der Waals surface area contributed by atoms with E-state index >= 15 is 0 Å². The van der Waals surface area contributed by atoms with Crippen LogP contribution in [0.15, 0.2) is 54.7 Å². The fourth-order valence-corrected chi connectivity index (χ4v) is 1.59. The lowest BCUT2D eigenvalue weighted by molar-refractivity contribution is 0.355. The van der Waals surface area contributed by atoms with E-state index in [1.165, 1.54) is 0 Å². The van der Waals surface area contributed by atoms with Crippen LogP contribution in [0.4, 0.5) is 0 Å². The molecular formula is C15H17ClO. The first-order valence-corrected chi connectivity index (χ1v) is 5.88. The standard InChI is InChI=1S/C15H17ClO/c1-4-6-7-13(5-2)11-17-15-9-8-12(3)10-14(15)16/h4-10H,1,11H2,2-3H3/b7-6-,13-5+. The Morgan fingerprint density at radius 3 is 2.82 bits per heavy atom. The molecule has 0 heterocycles. The number of aryl methyl sites for hydroxylation is 1. The number of benzene rings is 1. The molecule has 0 N–H and O–H groups in total. The highest BCUT2D eigenvalue weighted by atomic mass is 35.5. The van der Waals surface area contributed by atoms with E-state index in [0.717, 1.165) is 11.1 Å². The molecule has 1 nitrogen and oxygen atoms in total. The van der Waals surface area contributed by atoms with Crippen LogP contribution in [0.5, 0.6) is 5.75 Å². The van der Waals surface area contributed by atoms with Crippen LogP contribution in [0.3, 0.4) is 0 Å². The van der Waals surface area contributed by atoms with E-state index in [1.807, 2.05) is 50.3 Å². The highest BCUT2D eigenvalue weighted by Gasteiger charge is 2.01.